The lowest BCUT2D eigenvalue weighted by atomic mass is 10.2. The van der Waals surface area contributed by atoms with Gasteiger partial charge in [0.2, 0.25) is 0 Å². The lowest BCUT2D eigenvalue weighted by Gasteiger charge is -2.09. The van der Waals surface area contributed by atoms with E-state index in [-0.39, 0.29) is 5.82 Å². The number of hydrogen-bond acceptors (Lipinski definition) is 3. The molecule has 5 heteroatoms. The van der Waals surface area contributed by atoms with Crippen LogP contribution in [0.4, 0.5) is 4.39 Å². The van der Waals surface area contributed by atoms with Crippen molar-refractivity contribution < 1.29 is 9.50 Å². The molecule has 2 rings (SSSR count). The van der Waals surface area contributed by atoms with E-state index < -0.39 is 6.10 Å². The number of thioether (sulfide) groups is 1. The molecule has 0 fully saturated rings. The molecule has 0 saturated carbocycles. The van der Waals surface area contributed by atoms with E-state index in [1.807, 2.05) is 12.1 Å². The molecule has 0 aliphatic rings. The molecule has 0 amide bonds. The zero-order chi connectivity index (χ0) is 13.0. The van der Waals surface area contributed by atoms with Gasteiger partial charge in [-0.05, 0) is 40.2 Å². The number of halogens is 2. The first-order chi connectivity index (χ1) is 8.65. The Bertz CT molecular complexity index is 515. The van der Waals surface area contributed by atoms with E-state index in [9.17, 15) is 9.50 Å². The second kappa shape index (κ2) is 6.70. The predicted molar refractivity (Wildman–Crippen MR) is 78.9 cm³/mol. The van der Waals surface area contributed by atoms with Crippen molar-refractivity contribution in [1.82, 2.24) is 0 Å². The number of thiophene rings is 1. The lowest BCUT2D eigenvalue weighted by molar-refractivity contribution is 0.201. The summed E-state index contributed by atoms with van der Waals surface area (Å²) in [6, 6.07) is 10.6. The smallest absolute Gasteiger partial charge is 0.136 e. The summed E-state index contributed by atoms with van der Waals surface area (Å²) in [5.74, 6) is 0.268. The molecule has 1 heterocycles. The number of benzene rings is 1. The van der Waals surface area contributed by atoms with E-state index in [0.717, 1.165) is 8.66 Å². The summed E-state index contributed by atoms with van der Waals surface area (Å²) in [5, 5.41) is 9.91. The molecule has 1 atom stereocenters. The SMILES string of the molecule is OC(CSc1ccccc1F)Cc1ccc(Br)s1. The Balaban J connectivity index is 1.85. The lowest BCUT2D eigenvalue weighted by Crippen LogP contribution is -2.12. The first-order valence-corrected chi connectivity index (χ1v) is 8.04. The fraction of sp³-hybridized carbons (Fsp3) is 0.231. The van der Waals surface area contributed by atoms with Crippen LogP contribution in [0.3, 0.4) is 0 Å². The summed E-state index contributed by atoms with van der Waals surface area (Å²) in [6.07, 6.45) is 0.151. The van der Waals surface area contributed by atoms with Crippen molar-refractivity contribution in [2.24, 2.45) is 0 Å². The quantitative estimate of drug-likeness (QED) is 0.812. The van der Waals surface area contributed by atoms with E-state index in [2.05, 4.69) is 15.9 Å². The van der Waals surface area contributed by atoms with Crippen LogP contribution in [0.25, 0.3) is 0 Å². The first kappa shape index (κ1) is 14.1. The third kappa shape index (κ3) is 4.09. The molecule has 1 aromatic heterocycles. The van der Waals surface area contributed by atoms with Crippen molar-refractivity contribution in [3.05, 3.63) is 50.9 Å². The van der Waals surface area contributed by atoms with Crippen molar-refractivity contribution in [3.8, 4) is 0 Å². The second-order valence-corrected chi connectivity index (χ2v) is 7.41. The van der Waals surface area contributed by atoms with Crippen LogP contribution in [0.2, 0.25) is 0 Å². The maximum absolute atomic E-state index is 13.4. The largest absolute Gasteiger partial charge is 0.392 e. The summed E-state index contributed by atoms with van der Waals surface area (Å²) < 4.78 is 14.4. The predicted octanol–water partition coefficient (Wildman–Crippen LogP) is 4.35. The van der Waals surface area contributed by atoms with Gasteiger partial charge in [0.25, 0.3) is 0 Å². The summed E-state index contributed by atoms with van der Waals surface area (Å²) in [7, 11) is 0. The molecule has 0 saturated heterocycles. The van der Waals surface area contributed by atoms with Crippen LogP contribution < -0.4 is 0 Å². The maximum Gasteiger partial charge on any atom is 0.136 e. The maximum atomic E-state index is 13.4. The third-order valence-electron chi connectivity index (χ3n) is 2.33. The Kier molecular flexibility index (Phi) is 5.24. The molecule has 0 radical (unpaired) electrons. The molecule has 0 bridgehead atoms. The molecule has 1 N–H and O–H groups in total. The molecule has 0 spiro atoms. The minimum Gasteiger partial charge on any atom is -0.392 e. The van der Waals surface area contributed by atoms with E-state index in [4.69, 9.17) is 0 Å². The van der Waals surface area contributed by atoms with Gasteiger partial charge in [-0.2, -0.15) is 0 Å². The monoisotopic (exact) mass is 346 g/mol. The van der Waals surface area contributed by atoms with E-state index in [0.29, 0.717) is 17.1 Å². The molecule has 1 nitrogen and oxygen atoms in total. The van der Waals surface area contributed by atoms with Gasteiger partial charge in [0.1, 0.15) is 5.82 Å². The molecule has 1 aromatic carbocycles. The zero-order valence-electron chi connectivity index (χ0n) is 9.48. The van der Waals surface area contributed by atoms with Crippen LogP contribution in [0.15, 0.2) is 45.1 Å². The minimum absolute atomic E-state index is 0.228. The zero-order valence-corrected chi connectivity index (χ0v) is 12.7. The van der Waals surface area contributed by atoms with Crippen molar-refractivity contribution >= 4 is 39.0 Å². The Morgan fingerprint density at radius 2 is 2.06 bits per heavy atom. The van der Waals surface area contributed by atoms with Crippen molar-refractivity contribution in [1.29, 1.82) is 0 Å². The van der Waals surface area contributed by atoms with Gasteiger partial charge in [-0.1, -0.05) is 12.1 Å². The number of aliphatic hydroxyl groups excluding tert-OH is 1. The normalized spacial score (nSPS) is 12.6. The third-order valence-corrected chi connectivity index (χ3v) is 5.17. The molecule has 96 valence electrons. The van der Waals surface area contributed by atoms with Crippen LogP contribution in [0, 0.1) is 5.82 Å². The van der Waals surface area contributed by atoms with Crippen LogP contribution in [0.1, 0.15) is 4.88 Å². The van der Waals surface area contributed by atoms with Gasteiger partial charge >= 0.3 is 0 Å². The van der Waals surface area contributed by atoms with Gasteiger partial charge in [0.15, 0.2) is 0 Å². The van der Waals surface area contributed by atoms with Crippen LogP contribution in [-0.4, -0.2) is 17.0 Å². The highest BCUT2D eigenvalue weighted by molar-refractivity contribution is 9.11. The molecule has 0 aliphatic carbocycles. The molecule has 0 aliphatic heterocycles. The first-order valence-electron chi connectivity index (χ1n) is 5.45. The Labute approximate surface area is 122 Å². The highest BCUT2D eigenvalue weighted by Crippen LogP contribution is 2.26. The van der Waals surface area contributed by atoms with Crippen molar-refractivity contribution in [2.45, 2.75) is 17.4 Å². The van der Waals surface area contributed by atoms with Crippen molar-refractivity contribution in [3.63, 3.8) is 0 Å². The Hall–Kier alpha value is -0.360. The standard InChI is InChI=1S/C13H12BrFOS2/c14-13-6-5-10(18-13)7-9(16)8-17-12-4-2-1-3-11(12)15/h1-6,9,16H,7-8H2. The fourth-order valence-electron chi connectivity index (χ4n) is 1.50. The Morgan fingerprint density at radius 3 is 2.72 bits per heavy atom. The average molecular weight is 347 g/mol. The number of rotatable bonds is 5. The highest BCUT2D eigenvalue weighted by Gasteiger charge is 2.10. The molecule has 1 unspecified atom stereocenters. The average Bonchev–Trinajstić information content (AvgIpc) is 2.74. The van der Waals surface area contributed by atoms with Crippen LogP contribution in [0.5, 0.6) is 0 Å². The fourth-order valence-corrected chi connectivity index (χ4v) is 3.93. The Morgan fingerprint density at radius 1 is 1.28 bits per heavy atom. The number of hydrogen-bond donors (Lipinski definition) is 1. The second-order valence-electron chi connectivity index (χ2n) is 3.81. The summed E-state index contributed by atoms with van der Waals surface area (Å²) in [6.45, 7) is 0. The van der Waals surface area contributed by atoms with E-state index in [1.54, 1.807) is 29.5 Å². The summed E-state index contributed by atoms with van der Waals surface area (Å²) in [5.41, 5.74) is 0. The van der Waals surface area contributed by atoms with Gasteiger partial charge in [-0.15, -0.1) is 23.1 Å². The molecular formula is C13H12BrFOS2. The molecule has 2 aromatic rings. The van der Waals surface area contributed by atoms with Gasteiger partial charge in [0, 0.05) is 21.9 Å². The highest BCUT2D eigenvalue weighted by atomic mass is 79.9. The van der Waals surface area contributed by atoms with Crippen LogP contribution in [-0.2, 0) is 6.42 Å². The van der Waals surface area contributed by atoms with Gasteiger partial charge in [-0.25, -0.2) is 4.39 Å². The van der Waals surface area contributed by atoms with E-state index in [1.165, 1.54) is 17.8 Å². The minimum atomic E-state index is -0.458. The number of aliphatic hydroxyl groups is 1. The summed E-state index contributed by atoms with van der Waals surface area (Å²) in [4.78, 5) is 1.72. The summed E-state index contributed by atoms with van der Waals surface area (Å²) >= 11 is 6.35. The van der Waals surface area contributed by atoms with Crippen molar-refractivity contribution in [2.75, 3.05) is 5.75 Å². The van der Waals surface area contributed by atoms with Crippen LogP contribution >= 0.6 is 39.0 Å². The van der Waals surface area contributed by atoms with Gasteiger partial charge < -0.3 is 5.11 Å². The topological polar surface area (TPSA) is 20.2 Å². The molecule has 18 heavy (non-hydrogen) atoms. The van der Waals surface area contributed by atoms with Gasteiger partial charge in [0.05, 0.1) is 9.89 Å². The van der Waals surface area contributed by atoms with E-state index >= 15 is 0 Å². The van der Waals surface area contributed by atoms with Gasteiger partial charge in [-0.3, -0.25) is 0 Å². The molecular weight excluding hydrogens is 335 g/mol.